The Balaban J connectivity index is 2.79. The zero-order valence-corrected chi connectivity index (χ0v) is 9.32. The van der Waals surface area contributed by atoms with Crippen LogP contribution in [0.5, 0.6) is 0 Å². The lowest BCUT2D eigenvalue weighted by atomic mass is 10.1. The van der Waals surface area contributed by atoms with E-state index in [0.29, 0.717) is 11.1 Å². The molecule has 1 rings (SSSR count). The van der Waals surface area contributed by atoms with Gasteiger partial charge in [0, 0.05) is 5.56 Å². The number of terminal acetylenes is 1. The van der Waals surface area contributed by atoms with Crippen LogP contribution < -0.4 is 0 Å². The molecule has 1 aromatic carbocycles. The van der Waals surface area contributed by atoms with E-state index in [1.807, 2.05) is 0 Å². The summed E-state index contributed by atoms with van der Waals surface area (Å²) in [4.78, 5) is 22.2. The van der Waals surface area contributed by atoms with Gasteiger partial charge in [0.15, 0.2) is 6.10 Å². The Morgan fingerprint density at radius 1 is 1.31 bits per heavy atom. The Hall–Kier alpha value is -1.79. The van der Waals surface area contributed by atoms with Crippen LogP contribution in [0, 0.1) is 12.3 Å². The molecule has 0 aliphatic carbocycles. The summed E-state index contributed by atoms with van der Waals surface area (Å²) in [6.45, 7) is 1.59. The standard InChI is InChI=1S/C12H9ClO3/c1-3-8(2)16-12(15)10-6-4-9(5-7-10)11(13)14/h1,4-8H,2H3. The molecule has 0 N–H and O–H groups in total. The maximum atomic E-state index is 11.5. The van der Waals surface area contributed by atoms with Crippen molar-refractivity contribution in [2.24, 2.45) is 0 Å². The van der Waals surface area contributed by atoms with Gasteiger partial charge >= 0.3 is 5.97 Å². The summed E-state index contributed by atoms with van der Waals surface area (Å²) in [6, 6.07) is 5.82. The zero-order valence-electron chi connectivity index (χ0n) is 8.57. The van der Waals surface area contributed by atoms with E-state index in [1.165, 1.54) is 24.3 Å². The van der Waals surface area contributed by atoms with E-state index in [-0.39, 0.29) is 0 Å². The fourth-order valence-electron chi connectivity index (χ4n) is 1.000. The van der Waals surface area contributed by atoms with E-state index in [1.54, 1.807) is 6.92 Å². The number of hydrogen-bond acceptors (Lipinski definition) is 3. The molecule has 0 saturated heterocycles. The predicted molar refractivity (Wildman–Crippen MR) is 60.3 cm³/mol. The summed E-state index contributed by atoms with van der Waals surface area (Å²) in [6.07, 6.45) is 4.49. The molecule has 0 fully saturated rings. The molecule has 0 saturated carbocycles. The first kappa shape index (κ1) is 12.3. The molecule has 0 spiro atoms. The maximum Gasteiger partial charge on any atom is 0.339 e. The molecule has 4 heteroatoms. The van der Waals surface area contributed by atoms with Crippen LogP contribution in [0.1, 0.15) is 27.6 Å². The van der Waals surface area contributed by atoms with Crippen LogP contribution in [0.4, 0.5) is 0 Å². The van der Waals surface area contributed by atoms with E-state index >= 15 is 0 Å². The first-order valence-corrected chi connectivity index (χ1v) is 4.89. The first-order valence-electron chi connectivity index (χ1n) is 4.51. The van der Waals surface area contributed by atoms with Crippen LogP contribution in [-0.4, -0.2) is 17.3 Å². The van der Waals surface area contributed by atoms with Crippen LogP contribution in [0.25, 0.3) is 0 Å². The van der Waals surface area contributed by atoms with Gasteiger partial charge in [-0.1, -0.05) is 5.92 Å². The molecule has 1 unspecified atom stereocenters. The normalized spacial score (nSPS) is 11.3. The van der Waals surface area contributed by atoms with E-state index < -0.39 is 17.3 Å². The molecule has 1 atom stereocenters. The monoisotopic (exact) mass is 236 g/mol. The quantitative estimate of drug-likeness (QED) is 0.459. The van der Waals surface area contributed by atoms with Crippen LogP contribution in [0.15, 0.2) is 24.3 Å². The highest BCUT2D eigenvalue weighted by molar-refractivity contribution is 6.67. The summed E-state index contributed by atoms with van der Waals surface area (Å²) < 4.78 is 4.89. The highest BCUT2D eigenvalue weighted by atomic mass is 35.5. The first-order chi connectivity index (χ1) is 7.54. The van der Waals surface area contributed by atoms with Gasteiger partial charge in [0.1, 0.15) is 0 Å². The molecular weight excluding hydrogens is 228 g/mol. The molecule has 0 aliphatic heterocycles. The Kier molecular flexibility index (Phi) is 4.10. The summed E-state index contributed by atoms with van der Waals surface area (Å²) in [5, 5.41) is -0.572. The lowest BCUT2D eigenvalue weighted by Crippen LogP contribution is -2.13. The molecule has 0 bridgehead atoms. The second-order valence-corrected chi connectivity index (χ2v) is 3.41. The van der Waals surface area contributed by atoms with E-state index in [2.05, 4.69) is 5.92 Å². The third kappa shape index (κ3) is 3.11. The van der Waals surface area contributed by atoms with Crippen molar-refractivity contribution in [3.05, 3.63) is 35.4 Å². The third-order valence-electron chi connectivity index (χ3n) is 1.87. The number of hydrogen-bond donors (Lipinski definition) is 0. The van der Waals surface area contributed by atoms with Gasteiger partial charge in [0.2, 0.25) is 0 Å². The Labute approximate surface area is 98.4 Å². The summed E-state index contributed by atoms with van der Waals surface area (Å²) in [5.41, 5.74) is 0.645. The number of carbonyl (C=O) groups is 2. The Bertz CT molecular complexity index is 442. The number of ether oxygens (including phenoxy) is 1. The van der Waals surface area contributed by atoms with Crippen molar-refractivity contribution in [1.29, 1.82) is 0 Å². The molecule has 0 aliphatic rings. The zero-order chi connectivity index (χ0) is 12.1. The Morgan fingerprint density at radius 3 is 2.25 bits per heavy atom. The van der Waals surface area contributed by atoms with Gasteiger partial charge in [-0.15, -0.1) is 6.42 Å². The number of halogens is 1. The predicted octanol–water partition coefficient (Wildman–Crippen LogP) is 2.24. The minimum atomic E-state index is -0.582. The van der Waals surface area contributed by atoms with Gasteiger partial charge < -0.3 is 4.74 Å². The molecule has 0 radical (unpaired) electrons. The topological polar surface area (TPSA) is 43.4 Å². The number of esters is 1. The van der Waals surface area contributed by atoms with E-state index in [4.69, 9.17) is 22.8 Å². The van der Waals surface area contributed by atoms with Crippen LogP contribution in [-0.2, 0) is 4.74 Å². The minimum absolute atomic E-state index is 0.322. The SMILES string of the molecule is C#CC(C)OC(=O)c1ccc(C(=O)Cl)cc1. The minimum Gasteiger partial charge on any atom is -0.446 e. The highest BCUT2D eigenvalue weighted by Crippen LogP contribution is 2.09. The van der Waals surface area contributed by atoms with Crippen molar-refractivity contribution < 1.29 is 14.3 Å². The van der Waals surface area contributed by atoms with Crippen molar-refractivity contribution in [1.82, 2.24) is 0 Å². The molecule has 16 heavy (non-hydrogen) atoms. The van der Waals surface area contributed by atoms with Crippen molar-refractivity contribution >= 4 is 22.8 Å². The van der Waals surface area contributed by atoms with Crippen molar-refractivity contribution in [2.75, 3.05) is 0 Å². The van der Waals surface area contributed by atoms with E-state index in [0.717, 1.165) is 0 Å². The molecule has 0 heterocycles. The lowest BCUT2D eigenvalue weighted by Gasteiger charge is -2.06. The van der Waals surface area contributed by atoms with Crippen molar-refractivity contribution in [3.8, 4) is 12.3 Å². The second kappa shape index (κ2) is 5.34. The second-order valence-electron chi connectivity index (χ2n) is 3.07. The smallest absolute Gasteiger partial charge is 0.339 e. The molecule has 0 amide bonds. The lowest BCUT2D eigenvalue weighted by molar-refractivity contribution is 0.0438. The molecule has 0 aromatic heterocycles. The third-order valence-corrected chi connectivity index (χ3v) is 2.08. The maximum absolute atomic E-state index is 11.5. The number of rotatable bonds is 3. The van der Waals surface area contributed by atoms with Gasteiger partial charge in [0.25, 0.3) is 5.24 Å². The number of benzene rings is 1. The summed E-state index contributed by atoms with van der Waals surface area (Å²) in [5.74, 6) is 1.75. The Morgan fingerprint density at radius 2 is 1.81 bits per heavy atom. The van der Waals surface area contributed by atoms with Gasteiger partial charge in [-0.25, -0.2) is 4.79 Å². The van der Waals surface area contributed by atoms with E-state index in [9.17, 15) is 9.59 Å². The summed E-state index contributed by atoms with van der Waals surface area (Å²) in [7, 11) is 0. The summed E-state index contributed by atoms with van der Waals surface area (Å²) >= 11 is 5.26. The van der Waals surface area contributed by atoms with Gasteiger partial charge in [-0.2, -0.15) is 0 Å². The molecule has 82 valence electrons. The van der Waals surface area contributed by atoms with Crippen LogP contribution >= 0.6 is 11.6 Å². The highest BCUT2D eigenvalue weighted by Gasteiger charge is 2.10. The molecule has 1 aromatic rings. The van der Waals surface area contributed by atoms with Crippen LogP contribution in [0.2, 0.25) is 0 Å². The van der Waals surface area contributed by atoms with Gasteiger partial charge in [0.05, 0.1) is 5.56 Å². The van der Waals surface area contributed by atoms with Crippen molar-refractivity contribution in [3.63, 3.8) is 0 Å². The average Bonchev–Trinajstić information content (AvgIpc) is 2.28. The fourth-order valence-corrected chi connectivity index (χ4v) is 1.13. The van der Waals surface area contributed by atoms with Crippen LogP contribution in [0.3, 0.4) is 0 Å². The fraction of sp³-hybridized carbons (Fsp3) is 0.167. The molecule has 3 nitrogen and oxygen atoms in total. The number of carbonyl (C=O) groups excluding carboxylic acids is 2. The average molecular weight is 237 g/mol. The molecular formula is C12H9ClO3. The van der Waals surface area contributed by atoms with Gasteiger partial charge in [-0.05, 0) is 42.8 Å². The van der Waals surface area contributed by atoms with Gasteiger partial charge in [-0.3, -0.25) is 4.79 Å². The largest absolute Gasteiger partial charge is 0.446 e. The van der Waals surface area contributed by atoms with Crippen molar-refractivity contribution in [2.45, 2.75) is 13.0 Å².